The van der Waals surface area contributed by atoms with E-state index in [2.05, 4.69) is 229 Å². The molecular formula is C56H37N. The van der Waals surface area contributed by atoms with Gasteiger partial charge in [-0.2, -0.15) is 0 Å². The van der Waals surface area contributed by atoms with Crippen molar-refractivity contribution in [2.24, 2.45) is 0 Å². The quantitative estimate of drug-likeness (QED) is 0.154. The Balaban J connectivity index is 1.07. The van der Waals surface area contributed by atoms with E-state index in [1.165, 1.54) is 87.2 Å². The largest absolute Gasteiger partial charge is 0.310 e. The van der Waals surface area contributed by atoms with Gasteiger partial charge in [-0.15, -0.1) is 0 Å². The van der Waals surface area contributed by atoms with Gasteiger partial charge in [0.1, 0.15) is 0 Å². The maximum atomic E-state index is 2.40. The molecule has 11 rings (SSSR count). The zero-order chi connectivity index (χ0) is 37.7. The molecule has 0 spiro atoms. The number of anilines is 3. The lowest BCUT2D eigenvalue weighted by Crippen LogP contribution is -2.10. The summed E-state index contributed by atoms with van der Waals surface area (Å²) in [5.74, 6) is 0. The Morgan fingerprint density at radius 2 is 0.667 bits per heavy atom. The Labute approximate surface area is 332 Å². The number of nitrogens with zero attached hydrogens (tertiary/aromatic N) is 1. The van der Waals surface area contributed by atoms with Crippen LogP contribution in [0.1, 0.15) is 0 Å². The lowest BCUT2D eigenvalue weighted by molar-refractivity contribution is 1.29. The van der Waals surface area contributed by atoms with Crippen LogP contribution in [0.4, 0.5) is 17.1 Å². The first-order chi connectivity index (χ1) is 28.3. The minimum absolute atomic E-state index is 1.11. The molecular weight excluding hydrogens is 687 g/mol. The van der Waals surface area contributed by atoms with Gasteiger partial charge in [-0.1, -0.05) is 182 Å². The van der Waals surface area contributed by atoms with Gasteiger partial charge in [-0.25, -0.2) is 0 Å². The van der Waals surface area contributed by atoms with Gasteiger partial charge >= 0.3 is 0 Å². The maximum absolute atomic E-state index is 2.40. The topological polar surface area (TPSA) is 3.24 Å². The summed E-state index contributed by atoms with van der Waals surface area (Å²) in [6.07, 6.45) is 0. The lowest BCUT2D eigenvalue weighted by Gasteiger charge is -2.26. The number of benzene rings is 11. The number of hydrogen-bond donors (Lipinski definition) is 0. The molecule has 11 aromatic rings. The summed E-state index contributed by atoms with van der Waals surface area (Å²) in [5, 5.41) is 12.5. The van der Waals surface area contributed by atoms with Crippen molar-refractivity contribution in [3.8, 4) is 33.4 Å². The van der Waals surface area contributed by atoms with Crippen molar-refractivity contribution in [1.29, 1.82) is 0 Å². The lowest BCUT2D eigenvalue weighted by atomic mass is 9.84. The van der Waals surface area contributed by atoms with Crippen LogP contribution in [0, 0.1) is 0 Å². The second kappa shape index (κ2) is 13.7. The second-order valence-electron chi connectivity index (χ2n) is 14.9. The van der Waals surface area contributed by atoms with Gasteiger partial charge in [-0.3, -0.25) is 0 Å². The number of hydrogen-bond acceptors (Lipinski definition) is 1. The van der Waals surface area contributed by atoms with Crippen molar-refractivity contribution in [2.75, 3.05) is 4.90 Å². The minimum atomic E-state index is 1.11. The zero-order valence-electron chi connectivity index (χ0n) is 31.3. The Hall–Kier alpha value is -7.48. The van der Waals surface area contributed by atoms with Gasteiger partial charge in [0.2, 0.25) is 0 Å². The first-order valence-corrected chi connectivity index (χ1v) is 19.7. The molecule has 266 valence electrons. The van der Waals surface area contributed by atoms with Gasteiger partial charge in [0.15, 0.2) is 0 Å². The van der Waals surface area contributed by atoms with Crippen LogP contribution in [-0.2, 0) is 0 Å². The van der Waals surface area contributed by atoms with Crippen LogP contribution >= 0.6 is 0 Å². The van der Waals surface area contributed by atoms with Crippen molar-refractivity contribution in [3.05, 3.63) is 224 Å². The molecule has 0 bridgehead atoms. The van der Waals surface area contributed by atoms with E-state index in [9.17, 15) is 0 Å². The van der Waals surface area contributed by atoms with E-state index in [4.69, 9.17) is 0 Å². The van der Waals surface area contributed by atoms with E-state index in [1.807, 2.05) is 0 Å². The highest BCUT2D eigenvalue weighted by molar-refractivity contribution is 6.22. The molecule has 0 N–H and O–H groups in total. The summed E-state index contributed by atoms with van der Waals surface area (Å²) < 4.78 is 0. The van der Waals surface area contributed by atoms with Gasteiger partial charge in [0, 0.05) is 17.1 Å². The highest BCUT2D eigenvalue weighted by Gasteiger charge is 2.19. The van der Waals surface area contributed by atoms with Gasteiger partial charge in [0.25, 0.3) is 0 Å². The van der Waals surface area contributed by atoms with E-state index in [0.29, 0.717) is 0 Å². The molecule has 0 aliphatic heterocycles. The molecule has 1 nitrogen and oxygen atoms in total. The van der Waals surface area contributed by atoms with Gasteiger partial charge in [0.05, 0.1) is 0 Å². The van der Waals surface area contributed by atoms with Crippen LogP contribution in [0.5, 0.6) is 0 Å². The molecule has 0 radical (unpaired) electrons. The van der Waals surface area contributed by atoms with Crippen LogP contribution in [-0.4, -0.2) is 0 Å². The summed E-state index contributed by atoms with van der Waals surface area (Å²) in [6, 6.07) is 82.1. The Kier molecular flexibility index (Phi) is 7.89. The fourth-order valence-electron chi connectivity index (χ4n) is 8.89. The zero-order valence-corrected chi connectivity index (χ0v) is 31.3. The third-order valence-electron chi connectivity index (χ3n) is 11.6. The Bertz CT molecular complexity index is 3270. The second-order valence-corrected chi connectivity index (χ2v) is 14.9. The van der Waals surface area contributed by atoms with Crippen molar-refractivity contribution in [2.45, 2.75) is 0 Å². The summed E-state index contributed by atoms with van der Waals surface area (Å²) in [7, 11) is 0. The minimum Gasteiger partial charge on any atom is -0.310 e. The van der Waals surface area contributed by atoms with Crippen LogP contribution in [0.15, 0.2) is 224 Å². The monoisotopic (exact) mass is 723 g/mol. The van der Waals surface area contributed by atoms with Gasteiger partial charge < -0.3 is 4.90 Å². The van der Waals surface area contributed by atoms with Crippen molar-refractivity contribution in [3.63, 3.8) is 0 Å². The standard InChI is InChI=1S/C56H37N/c1-3-15-41(16-4-1)55-53-22-12-11-21-51(53)52-33-28-44(37-54(52)56(55)42-17-5-2-6-18-42)39-25-29-46(30-26-39)57(47-31-27-38-13-7-8-19-43(38)35-47)48-32-34-50-45(36-48)24-23-40-14-9-10-20-49(40)50/h1-37H. The summed E-state index contributed by atoms with van der Waals surface area (Å²) in [6.45, 7) is 0. The molecule has 0 fully saturated rings. The molecule has 0 aromatic heterocycles. The smallest absolute Gasteiger partial charge is 0.0468 e. The normalized spacial score (nSPS) is 11.5. The number of rotatable bonds is 6. The van der Waals surface area contributed by atoms with Crippen LogP contribution in [0.2, 0.25) is 0 Å². The Morgan fingerprint density at radius 3 is 1.40 bits per heavy atom. The van der Waals surface area contributed by atoms with E-state index in [1.54, 1.807) is 0 Å². The predicted molar refractivity (Wildman–Crippen MR) is 245 cm³/mol. The average molecular weight is 724 g/mol. The van der Waals surface area contributed by atoms with Crippen molar-refractivity contribution < 1.29 is 0 Å². The fourth-order valence-corrected chi connectivity index (χ4v) is 8.89. The SMILES string of the molecule is c1ccc(-c2c(-c3ccccc3)c3cc(-c4ccc(N(c5ccc6ccccc6c5)c5ccc6c(ccc7ccccc76)c5)cc4)ccc3c3ccccc23)cc1. The molecule has 0 atom stereocenters. The fraction of sp³-hybridized carbons (Fsp3) is 0. The van der Waals surface area contributed by atoms with E-state index in [0.717, 1.165) is 17.1 Å². The predicted octanol–water partition coefficient (Wildman–Crippen LogP) is 15.9. The maximum Gasteiger partial charge on any atom is 0.0468 e. The first kappa shape index (κ1) is 32.9. The molecule has 0 heterocycles. The third-order valence-corrected chi connectivity index (χ3v) is 11.6. The highest BCUT2D eigenvalue weighted by Crippen LogP contribution is 2.46. The molecule has 1 heteroatoms. The van der Waals surface area contributed by atoms with E-state index < -0.39 is 0 Å². The highest BCUT2D eigenvalue weighted by atomic mass is 15.1. The van der Waals surface area contributed by atoms with Crippen LogP contribution in [0.3, 0.4) is 0 Å². The molecule has 11 aromatic carbocycles. The van der Waals surface area contributed by atoms with Crippen LogP contribution < -0.4 is 4.90 Å². The van der Waals surface area contributed by atoms with E-state index >= 15 is 0 Å². The molecule has 0 aliphatic rings. The van der Waals surface area contributed by atoms with Crippen molar-refractivity contribution in [1.82, 2.24) is 0 Å². The van der Waals surface area contributed by atoms with Gasteiger partial charge in [-0.05, 0) is 130 Å². The molecule has 0 amide bonds. The number of fused-ring (bicyclic) bond motifs is 7. The molecule has 0 saturated heterocycles. The average Bonchev–Trinajstić information content (AvgIpc) is 3.29. The molecule has 0 saturated carbocycles. The summed E-state index contributed by atoms with van der Waals surface area (Å²) in [5.41, 5.74) is 10.7. The molecule has 0 unspecified atom stereocenters. The summed E-state index contributed by atoms with van der Waals surface area (Å²) in [4.78, 5) is 2.39. The van der Waals surface area contributed by atoms with E-state index in [-0.39, 0.29) is 0 Å². The Morgan fingerprint density at radius 1 is 0.211 bits per heavy atom. The molecule has 57 heavy (non-hydrogen) atoms. The summed E-state index contributed by atoms with van der Waals surface area (Å²) >= 11 is 0. The molecule has 0 aliphatic carbocycles. The van der Waals surface area contributed by atoms with Crippen LogP contribution in [0.25, 0.3) is 87.2 Å². The van der Waals surface area contributed by atoms with Crippen molar-refractivity contribution >= 4 is 70.9 Å². The first-order valence-electron chi connectivity index (χ1n) is 19.7. The third kappa shape index (κ3) is 5.72.